The van der Waals surface area contributed by atoms with E-state index in [0.717, 1.165) is 71.1 Å². The molecule has 7 nitrogen and oxygen atoms in total. The Labute approximate surface area is 273 Å². The van der Waals surface area contributed by atoms with Gasteiger partial charge in [0.1, 0.15) is 11.9 Å². The summed E-state index contributed by atoms with van der Waals surface area (Å²) in [5.74, 6) is -1.12. The summed E-state index contributed by atoms with van der Waals surface area (Å²) in [6.07, 6.45) is 3.05. The predicted molar refractivity (Wildman–Crippen MR) is 175 cm³/mol. The molecule has 0 unspecified atom stereocenters. The lowest BCUT2D eigenvalue weighted by atomic mass is 9.83. The van der Waals surface area contributed by atoms with Crippen LogP contribution in [0, 0.1) is 18.6 Å². The molecule has 46 heavy (non-hydrogen) atoms. The second-order valence-corrected chi connectivity index (χ2v) is 13.2. The Morgan fingerprint density at radius 1 is 1.07 bits per heavy atom. The van der Waals surface area contributed by atoms with Crippen LogP contribution < -0.4 is 25.0 Å². The molecule has 10 heteroatoms. The van der Waals surface area contributed by atoms with E-state index in [2.05, 4.69) is 57.7 Å². The molecule has 3 aromatic carbocycles. The number of benzene rings is 3. The zero-order chi connectivity index (χ0) is 31.9. The Hall–Kier alpha value is -3.66. The summed E-state index contributed by atoms with van der Waals surface area (Å²) in [4.78, 5) is 18.8. The molecule has 1 aliphatic carbocycles. The summed E-state index contributed by atoms with van der Waals surface area (Å²) in [6.45, 7) is 5.36. The maximum absolute atomic E-state index is 14.6. The number of amides is 1. The lowest BCUT2D eigenvalue weighted by Gasteiger charge is -2.41. The van der Waals surface area contributed by atoms with Gasteiger partial charge in [0.15, 0.2) is 17.4 Å². The van der Waals surface area contributed by atoms with Gasteiger partial charge in [-0.15, -0.1) is 0 Å². The highest BCUT2D eigenvalue weighted by Gasteiger charge is 2.41. The normalized spacial score (nSPS) is 22.6. The Bertz CT molecular complexity index is 1660. The number of hydrogen-bond donors (Lipinski definition) is 2. The van der Waals surface area contributed by atoms with E-state index in [0.29, 0.717) is 32.6 Å². The summed E-state index contributed by atoms with van der Waals surface area (Å²) in [5, 5.41) is 7.07. The summed E-state index contributed by atoms with van der Waals surface area (Å²) >= 11 is 5.85. The van der Waals surface area contributed by atoms with Crippen LogP contribution in [0.15, 0.2) is 60.2 Å². The molecule has 0 aromatic heterocycles. The van der Waals surface area contributed by atoms with Gasteiger partial charge in [0.25, 0.3) is 5.91 Å². The van der Waals surface area contributed by atoms with Gasteiger partial charge in [-0.3, -0.25) is 4.79 Å². The van der Waals surface area contributed by atoms with Crippen molar-refractivity contribution in [2.75, 3.05) is 38.2 Å². The van der Waals surface area contributed by atoms with E-state index in [1.807, 2.05) is 12.1 Å². The molecule has 7 rings (SSSR count). The first kappa shape index (κ1) is 31.0. The Morgan fingerprint density at radius 3 is 2.63 bits per heavy atom. The van der Waals surface area contributed by atoms with Gasteiger partial charge >= 0.3 is 0 Å². The fraction of sp³-hybridized carbons (Fsp3) is 0.417. The minimum absolute atomic E-state index is 0.0638. The highest BCUT2D eigenvalue weighted by molar-refractivity contribution is 6.30. The second-order valence-electron chi connectivity index (χ2n) is 12.8. The largest absolute Gasteiger partial charge is 0.496 e. The molecule has 1 amide bonds. The molecule has 4 aliphatic rings. The molecule has 0 radical (unpaired) electrons. The van der Waals surface area contributed by atoms with Crippen molar-refractivity contribution >= 4 is 28.8 Å². The number of anilines is 1. The Morgan fingerprint density at radius 2 is 1.87 bits per heavy atom. The maximum Gasteiger partial charge on any atom is 0.252 e. The van der Waals surface area contributed by atoms with Crippen LogP contribution in [-0.2, 0) is 11.3 Å². The molecule has 3 aliphatic heterocycles. The predicted octanol–water partition coefficient (Wildman–Crippen LogP) is 5.87. The van der Waals surface area contributed by atoms with E-state index in [1.54, 1.807) is 7.11 Å². The highest BCUT2D eigenvalue weighted by Crippen LogP contribution is 2.38. The number of carbonyl (C=O) groups is 1. The third-order valence-electron chi connectivity index (χ3n) is 9.75. The third-order valence-corrected chi connectivity index (χ3v) is 10.0. The lowest BCUT2D eigenvalue weighted by Crippen LogP contribution is -2.60. The Kier molecular flexibility index (Phi) is 8.65. The number of piperazine rings is 1. The van der Waals surface area contributed by atoms with E-state index in [-0.39, 0.29) is 35.2 Å². The standard InChI is InChI=1S/C36H39ClF2N4O3/c1-21-23(4-3-5-32(21)45-2)19-43(26-10-11-26)36(44)33-28(16-24-17-40-18-31(33)41-24)22-6-8-25(9-7-22)42-15-14-27(20-42)46-35-30(38)13-12-29(37)34(35)39/h3-9,12-13,24,26-27,31,40-41H,10-11,14-20H2,1-2H3/t24-,27-,31-/m1/s1. The van der Waals surface area contributed by atoms with Crippen molar-refractivity contribution in [2.45, 2.75) is 63.4 Å². The van der Waals surface area contributed by atoms with Crippen LogP contribution in [-0.4, -0.2) is 68.3 Å². The number of hydrogen-bond acceptors (Lipinski definition) is 6. The minimum Gasteiger partial charge on any atom is -0.496 e. The fourth-order valence-corrected chi connectivity index (χ4v) is 7.25. The average Bonchev–Trinajstić information content (AvgIpc) is 3.80. The molecule has 242 valence electrons. The first-order valence-electron chi connectivity index (χ1n) is 16.1. The van der Waals surface area contributed by atoms with Crippen LogP contribution in [0.5, 0.6) is 11.5 Å². The monoisotopic (exact) mass is 648 g/mol. The molecular formula is C36H39ClF2N4O3. The van der Waals surface area contributed by atoms with Gasteiger partial charge in [-0.1, -0.05) is 35.9 Å². The van der Waals surface area contributed by atoms with Crippen LogP contribution >= 0.6 is 11.6 Å². The number of rotatable bonds is 9. The smallest absolute Gasteiger partial charge is 0.252 e. The minimum atomic E-state index is -0.871. The van der Waals surface area contributed by atoms with Gasteiger partial charge < -0.3 is 29.9 Å². The molecule has 3 atom stereocenters. The molecule has 3 fully saturated rings. The highest BCUT2D eigenvalue weighted by atomic mass is 35.5. The number of nitrogens with one attached hydrogen (secondary N) is 2. The van der Waals surface area contributed by atoms with E-state index >= 15 is 0 Å². The molecule has 1 saturated carbocycles. The second kappa shape index (κ2) is 12.9. The van der Waals surface area contributed by atoms with Crippen LogP contribution in [0.4, 0.5) is 14.5 Å². The topological polar surface area (TPSA) is 66.1 Å². The third kappa shape index (κ3) is 6.08. The first-order chi connectivity index (χ1) is 22.3. The van der Waals surface area contributed by atoms with E-state index in [4.69, 9.17) is 21.1 Å². The van der Waals surface area contributed by atoms with Crippen LogP contribution in [0.1, 0.15) is 42.4 Å². The molecule has 2 saturated heterocycles. The van der Waals surface area contributed by atoms with Gasteiger partial charge in [0.2, 0.25) is 0 Å². The first-order valence-corrected chi connectivity index (χ1v) is 16.5. The molecule has 0 spiro atoms. The molecule has 3 heterocycles. The van der Waals surface area contributed by atoms with Crippen molar-refractivity contribution in [3.63, 3.8) is 0 Å². The summed E-state index contributed by atoms with van der Waals surface area (Å²) in [7, 11) is 1.68. The van der Waals surface area contributed by atoms with Gasteiger partial charge in [0, 0.05) is 55.9 Å². The van der Waals surface area contributed by atoms with Crippen LogP contribution in [0.3, 0.4) is 0 Å². The number of nitrogens with zero attached hydrogens (tertiary/aromatic N) is 2. The molecule has 2 bridgehead atoms. The van der Waals surface area contributed by atoms with Gasteiger partial charge in [0.05, 0.1) is 24.7 Å². The van der Waals surface area contributed by atoms with Crippen molar-refractivity contribution in [1.82, 2.24) is 15.5 Å². The van der Waals surface area contributed by atoms with Gasteiger partial charge in [-0.05, 0) is 78.8 Å². The van der Waals surface area contributed by atoms with Crippen molar-refractivity contribution < 1.29 is 23.0 Å². The quantitative estimate of drug-likeness (QED) is 0.283. The molecular weight excluding hydrogens is 610 g/mol. The van der Waals surface area contributed by atoms with Gasteiger partial charge in [-0.2, -0.15) is 0 Å². The summed E-state index contributed by atoms with van der Waals surface area (Å²) in [5.41, 5.74) is 6.17. The van der Waals surface area contributed by atoms with Crippen molar-refractivity contribution in [3.8, 4) is 11.5 Å². The zero-order valence-corrected chi connectivity index (χ0v) is 26.9. The summed E-state index contributed by atoms with van der Waals surface area (Å²) in [6, 6.07) is 17.1. The van der Waals surface area contributed by atoms with Crippen molar-refractivity contribution in [3.05, 3.63) is 93.5 Å². The van der Waals surface area contributed by atoms with Crippen LogP contribution in [0.2, 0.25) is 5.02 Å². The number of halogens is 3. The number of ether oxygens (including phenoxy) is 2. The van der Waals surface area contributed by atoms with E-state index in [1.165, 1.54) is 6.07 Å². The summed E-state index contributed by atoms with van der Waals surface area (Å²) < 4.78 is 40.0. The SMILES string of the molecule is COc1cccc(CN(C(=O)C2=C(c3ccc(N4CC[C@@H](Oc5c(F)ccc(Cl)c5F)C4)cc3)C[C@@H]3CNC[C@H]2N3)C2CC2)c1C. The maximum atomic E-state index is 14.6. The Balaban J connectivity index is 1.13. The molecule has 2 N–H and O–H groups in total. The lowest BCUT2D eigenvalue weighted by molar-refractivity contribution is -0.128. The molecule has 3 aromatic rings. The zero-order valence-electron chi connectivity index (χ0n) is 26.1. The number of methoxy groups -OCH3 is 1. The van der Waals surface area contributed by atoms with Gasteiger partial charge in [-0.25, -0.2) is 8.78 Å². The van der Waals surface area contributed by atoms with E-state index < -0.39 is 17.4 Å². The van der Waals surface area contributed by atoms with Crippen molar-refractivity contribution in [1.29, 1.82) is 0 Å². The fourth-order valence-electron chi connectivity index (χ4n) is 7.10. The number of carbonyl (C=O) groups excluding carboxylic acids is 1. The average molecular weight is 649 g/mol. The van der Waals surface area contributed by atoms with Crippen LogP contribution in [0.25, 0.3) is 5.57 Å². The number of fused-ring (bicyclic) bond motifs is 2. The van der Waals surface area contributed by atoms with Crippen molar-refractivity contribution in [2.24, 2.45) is 0 Å². The van der Waals surface area contributed by atoms with E-state index in [9.17, 15) is 13.6 Å².